The predicted molar refractivity (Wildman–Crippen MR) is 125 cm³/mol. The first kappa shape index (κ1) is 21.6. The van der Waals surface area contributed by atoms with Crippen molar-refractivity contribution in [3.8, 4) is 5.69 Å². The third-order valence-corrected chi connectivity index (χ3v) is 6.92. The van der Waals surface area contributed by atoms with Crippen LogP contribution < -0.4 is 5.56 Å². The maximum Gasteiger partial charge on any atom is 0.276 e. The van der Waals surface area contributed by atoms with Crippen LogP contribution in [0, 0.1) is 12.3 Å². The molecule has 1 fully saturated rings. The van der Waals surface area contributed by atoms with Gasteiger partial charge in [-0.15, -0.1) is 0 Å². The van der Waals surface area contributed by atoms with Crippen LogP contribution in [0.2, 0.25) is 0 Å². The van der Waals surface area contributed by atoms with Crippen molar-refractivity contribution in [2.24, 2.45) is 12.5 Å². The average Bonchev–Trinajstić information content (AvgIpc) is 3.02. The van der Waals surface area contributed by atoms with Crippen LogP contribution in [0.5, 0.6) is 0 Å². The van der Waals surface area contributed by atoms with Crippen LogP contribution >= 0.6 is 0 Å². The van der Waals surface area contributed by atoms with Gasteiger partial charge in [0.1, 0.15) is 0 Å². The molecule has 2 heterocycles. The highest BCUT2D eigenvalue weighted by Gasteiger charge is 2.35. The molecule has 2 aromatic carbocycles. The number of nitrogens with zero attached hydrogens (tertiary/aromatic N) is 3. The highest BCUT2D eigenvalue weighted by Crippen LogP contribution is 2.35. The number of benzene rings is 2. The number of aromatic nitrogens is 2. The summed E-state index contributed by atoms with van der Waals surface area (Å²) in [5.41, 5.74) is 4.00. The van der Waals surface area contributed by atoms with Gasteiger partial charge in [-0.25, -0.2) is 4.68 Å². The Hall–Kier alpha value is -2.63. The summed E-state index contributed by atoms with van der Waals surface area (Å²) in [4.78, 5) is 15.7. The van der Waals surface area contributed by atoms with E-state index in [1.54, 1.807) is 4.68 Å². The number of rotatable bonds is 7. The molecular formula is C26H33N3O2. The minimum Gasteiger partial charge on any atom is -0.396 e. The molecule has 0 unspecified atom stereocenters. The van der Waals surface area contributed by atoms with Crippen LogP contribution in [0.4, 0.5) is 0 Å². The summed E-state index contributed by atoms with van der Waals surface area (Å²) >= 11 is 0. The van der Waals surface area contributed by atoms with Crippen molar-refractivity contribution in [2.75, 3.05) is 19.7 Å². The van der Waals surface area contributed by atoms with Crippen molar-refractivity contribution >= 4 is 0 Å². The lowest BCUT2D eigenvalue weighted by Crippen LogP contribution is -2.45. The van der Waals surface area contributed by atoms with E-state index in [4.69, 9.17) is 0 Å². The van der Waals surface area contributed by atoms with E-state index in [-0.39, 0.29) is 17.6 Å². The summed E-state index contributed by atoms with van der Waals surface area (Å²) in [5.74, 6) is 0. The standard InChI is InChI=1S/C26H33N3O2/c1-21-24(25(31)29(27(21)2)23-12-7-4-8-13-23)18-28-17-9-15-26(19-28,20-30)16-14-22-10-5-3-6-11-22/h3-8,10-13,30H,9,14-20H2,1-2H3/t26-/m0/s1. The highest BCUT2D eigenvalue weighted by molar-refractivity contribution is 5.33. The van der Waals surface area contributed by atoms with Gasteiger partial charge in [0.15, 0.2) is 0 Å². The second-order valence-electron chi connectivity index (χ2n) is 9.00. The van der Waals surface area contributed by atoms with Gasteiger partial charge in [-0.1, -0.05) is 48.5 Å². The Bertz CT molecular complexity index is 1060. The van der Waals surface area contributed by atoms with Crippen molar-refractivity contribution in [3.63, 3.8) is 0 Å². The predicted octanol–water partition coefficient (Wildman–Crippen LogP) is 3.69. The first-order valence-corrected chi connectivity index (χ1v) is 11.2. The number of aryl methyl sites for hydroxylation is 1. The molecule has 1 aliphatic rings. The average molecular weight is 420 g/mol. The molecule has 0 saturated carbocycles. The maximum absolute atomic E-state index is 13.3. The Labute approximate surface area is 184 Å². The lowest BCUT2D eigenvalue weighted by Gasteiger charge is -2.42. The summed E-state index contributed by atoms with van der Waals surface area (Å²) in [6, 6.07) is 20.3. The van der Waals surface area contributed by atoms with Crippen LogP contribution in [0.25, 0.3) is 5.69 Å². The van der Waals surface area contributed by atoms with Crippen LogP contribution in [-0.4, -0.2) is 39.1 Å². The third kappa shape index (κ3) is 4.53. The van der Waals surface area contributed by atoms with Gasteiger partial charge in [0.25, 0.3) is 5.56 Å². The second-order valence-corrected chi connectivity index (χ2v) is 9.00. The highest BCUT2D eigenvalue weighted by atomic mass is 16.3. The fraction of sp³-hybridized carbons (Fsp3) is 0.423. The number of hydrogen-bond acceptors (Lipinski definition) is 3. The van der Waals surface area contributed by atoms with Crippen molar-refractivity contribution in [3.05, 3.63) is 87.8 Å². The molecule has 0 bridgehead atoms. The lowest BCUT2D eigenvalue weighted by molar-refractivity contribution is 0.0222. The smallest absolute Gasteiger partial charge is 0.276 e. The van der Waals surface area contributed by atoms with Gasteiger partial charge in [0.05, 0.1) is 11.3 Å². The minimum atomic E-state index is -0.102. The Balaban J connectivity index is 1.52. The summed E-state index contributed by atoms with van der Waals surface area (Å²) in [6.07, 6.45) is 4.02. The van der Waals surface area contributed by atoms with Gasteiger partial charge >= 0.3 is 0 Å². The van der Waals surface area contributed by atoms with E-state index in [1.165, 1.54) is 5.56 Å². The molecule has 1 saturated heterocycles. The molecule has 31 heavy (non-hydrogen) atoms. The fourth-order valence-electron chi connectivity index (χ4n) is 4.94. The molecule has 164 valence electrons. The quantitative estimate of drug-likeness (QED) is 0.635. The van der Waals surface area contributed by atoms with Crippen molar-refractivity contribution < 1.29 is 5.11 Å². The first-order valence-electron chi connectivity index (χ1n) is 11.2. The maximum atomic E-state index is 13.3. The van der Waals surface area contributed by atoms with E-state index in [2.05, 4.69) is 29.2 Å². The van der Waals surface area contributed by atoms with Crippen molar-refractivity contribution in [1.82, 2.24) is 14.3 Å². The van der Waals surface area contributed by atoms with E-state index in [0.29, 0.717) is 6.54 Å². The monoisotopic (exact) mass is 419 g/mol. The number of piperidine rings is 1. The van der Waals surface area contributed by atoms with Crippen LogP contribution in [0.1, 0.15) is 36.1 Å². The van der Waals surface area contributed by atoms with Gasteiger partial charge < -0.3 is 5.11 Å². The summed E-state index contributed by atoms with van der Waals surface area (Å²) in [5, 5.41) is 10.3. The molecule has 0 amide bonds. The van der Waals surface area contributed by atoms with Gasteiger partial charge in [0.2, 0.25) is 0 Å². The molecule has 0 radical (unpaired) electrons. The minimum absolute atomic E-state index is 0.0515. The Morgan fingerprint density at radius 1 is 1.03 bits per heavy atom. The van der Waals surface area contributed by atoms with E-state index < -0.39 is 0 Å². The molecule has 3 aromatic rings. The van der Waals surface area contributed by atoms with Crippen LogP contribution in [0.3, 0.4) is 0 Å². The molecule has 1 atom stereocenters. The third-order valence-electron chi connectivity index (χ3n) is 6.92. The summed E-state index contributed by atoms with van der Waals surface area (Å²) < 4.78 is 3.70. The fourth-order valence-corrected chi connectivity index (χ4v) is 4.94. The zero-order chi connectivity index (χ0) is 21.8. The number of aliphatic hydroxyl groups excluding tert-OH is 1. The first-order chi connectivity index (χ1) is 15.0. The topological polar surface area (TPSA) is 50.4 Å². The largest absolute Gasteiger partial charge is 0.396 e. The molecular weight excluding hydrogens is 386 g/mol. The molecule has 0 spiro atoms. The molecule has 0 aliphatic carbocycles. The van der Waals surface area contributed by atoms with Crippen LogP contribution in [-0.2, 0) is 20.0 Å². The summed E-state index contributed by atoms with van der Waals surface area (Å²) in [6.45, 7) is 4.64. The normalized spacial score (nSPS) is 19.6. The van der Waals surface area contributed by atoms with Gasteiger partial charge in [-0.2, -0.15) is 0 Å². The molecule has 5 heteroatoms. The Morgan fingerprint density at radius 3 is 2.39 bits per heavy atom. The molecule has 1 aliphatic heterocycles. The second kappa shape index (κ2) is 9.25. The van der Waals surface area contributed by atoms with E-state index >= 15 is 0 Å². The van der Waals surface area contributed by atoms with E-state index in [9.17, 15) is 9.90 Å². The lowest BCUT2D eigenvalue weighted by atomic mass is 9.76. The molecule has 4 rings (SSSR count). The van der Waals surface area contributed by atoms with Crippen molar-refractivity contribution in [1.29, 1.82) is 0 Å². The Morgan fingerprint density at radius 2 is 1.71 bits per heavy atom. The zero-order valence-corrected chi connectivity index (χ0v) is 18.6. The molecule has 1 aromatic heterocycles. The van der Waals surface area contributed by atoms with Gasteiger partial charge in [-0.05, 0) is 56.8 Å². The van der Waals surface area contributed by atoms with Gasteiger partial charge in [-0.3, -0.25) is 14.4 Å². The molecule has 5 nitrogen and oxygen atoms in total. The SMILES string of the molecule is Cc1c(CN2CCC[C@](CO)(CCc3ccccc3)C2)c(=O)n(-c2ccccc2)n1C. The number of aliphatic hydroxyl groups is 1. The van der Waals surface area contributed by atoms with Crippen LogP contribution in [0.15, 0.2) is 65.5 Å². The van der Waals surface area contributed by atoms with E-state index in [1.807, 2.05) is 55.1 Å². The number of para-hydroxylation sites is 1. The van der Waals surface area contributed by atoms with E-state index in [0.717, 1.165) is 55.7 Å². The van der Waals surface area contributed by atoms with Gasteiger partial charge in [0, 0.05) is 37.9 Å². The Kier molecular flexibility index (Phi) is 6.44. The van der Waals surface area contributed by atoms with Crippen molar-refractivity contribution in [2.45, 2.75) is 39.2 Å². The number of likely N-dealkylation sites (tertiary alicyclic amines) is 1. The summed E-state index contributed by atoms with van der Waals surface area (Å²) in [7, 11) is 1.95. The molecule has 1 N–H and O–H groups in total. The zero-order valence-electron chi connectivity index (χ0n) is 18.6. The number of hydrogen-bond donors (Lipinski definition) is 1.